The van der Waals surface area contributed by atoms with Crippen LogP contribution in [0.3, 0.4) is 0 Å². The highest BCUT2D eigenvalue weighted by atomic mass is 16.5. The number of ether oxygens (including phenoxy) is 1. The topological polar surface area (TPSA) is 125 Å². The Morgan fingerprint density at radius 3 is 2.75 bits per heavy atom. The fraction of sp³-hybridized carbons (Fsp3) is 0.226. The van der Waals surface area contributed by atoms with Crippen LogP contribution in [0.5, 0.6) is 0 Å². The molecule has 4 aromatic rings. The molecule has 0 radical (unpaired) electrons. The van der Waals surface area contributed by atoms with Gasteiger partial charge >= 0.3 is 0 Å². The van der Waals surface area contributed by atoms with E-state index in [1.807, 2.05) is 77.5 Å². The van der Waals surface area contributed by atoms with Crippen LogP contribution in [-0.4, -0.2) is 50.7 Å². The summed E-state index contributed by atoms with van der Waals surface area (Å²) in [5, 5.41) is 0. The van der Waals surface area contributed by atoms with Crippen LogP contribution in [0, 0.1) is 0 Å². The highest BCUT2D eigenvalue weighted by Gasteiger charge is 2.34. The fourth-order valence-electron chi connectivity index (χ4n) is 5.21. The Balaban J connectivity index is 1.44. The van der Waals surface area contributed by atoms with Gasteiger partial charge in [0.1, 0.15) is 23.8 Å². The standard InChI is InChI=1S/C31H31N7O2/c1-2-22(31(33)13-6-14-31)8-5-16-38-29(24-10-4-15-34-28(24)32)36-26-12-11-25(35-30(26)38)21-7-3-9-23(19-21)37-17-18-40-20-27(37)39/h2-5,7-12,15-16,19H,1,6,13-14,17-18,20,33H2,(H2,32,34). The molecular weight excluding hydrogens is 502 g/mol. The summed E-state index contributed by atoms with van der Waals surface area (Å²) in [5.74, 6) is 0.962. The summed E-state index contributed by atoms with van der Waals surface area (Å²) in [4.78, 5) is 28.3. The van der Waals surface area contributed by atoms with Gasteiger partial charge in [0.2, 0.25) is 0 Å². The van der Waals surface area contributed by atoms with E-state index in [-0.39, 0.29) is 18.1 Å². The Kier molecular flexibility index (Phi) is 6.75. The molecule has 1 aliphatic carbocycles. The molecule has 1 saturated carbocycles. The van der Waals surface area contributed by atoms with Crippen LogP contribution >= 0.6 is 0 Å². The first-order valence-electron chi connectivity index (χ1n) is 13.4. The summed E-state index contributed by atoms with van der Waals surface area (Å²) >= 11 is 0. The lowest BCUT2D eigenvalue weighted by atomic mass is 9.72. The molecule has 4 heterocycles. The molecule has 1 aromatic carbocycles. The second-order valence-electron chi connectivity index (χ2n) is 10.1. The second kappa shape index (κ2) is 10.5. The summed E-state index contributed by atoms with van der Waals surface area (Å²) in [6.07, 6.45) is 12.4. The van der Waals surface area contributed by atoms with E-state index in [1.54, 1.807) is 11.1 Å². The number of carbonyl (C=O) groups excluding carboxylic acids is 1. The lowest BCUT2D eigenvalue weighted by Gasteiger charge is -2.39. The molecule has 9 heteroatoms. The molecule has 0 unspecified atom stereocenters. The molecule has 1 amide bonds. The van der Waals surface area contributed by atoms with E-state index >= 15 is 0 Å². The van der Waals surface area contributed by atoms with Crippen molar-refractivity contribution in [3.8, 4) is 22.6 Å². The molecule has 3 aromatic heterocycles. The second-order valence-corrected chi connectivity index (χ2v) is 10.1. The Morgan fingerprint density at radius 1 is 1.12 bits per heavy atom. The number of amides is 1. The number of nitrogen functional groups attached to an aromatic ring is 1. The van der Waals surface area contributed by atoms with E-state index in [1.165, 1.54) is 0 Å². The molecule has 6 rings (SSSR count). The van der Waals surface area contributed by atoms with E-state index in [0.717, 1.165) is 41.8 Å². The van der Waals surface area contributed by atoms with Gasteiger partial charge in [-0.1, -0.05) is 30.9 Å². The highest BCUT2D eigenvalue weighted by molar-refractivity contribution is 5.95. The van der Waals surface area contributed by atoms with Crippen LogP contribution in [0.15, 0.2) is 85.1 Å². The zero-order valence-electron chi connectivity index (χ0n) is 22.2. The van der Waals surface area contributed by atoms with Gasteiger partial charge in [0.05, 0.1) is 17.9 Å². The molecule has 9 nitrogen and oxygen atoms in total. The first-order chi connectivity index (χ1) is 19.5. The van der Waals surface area contributed by atoms with Crippen molar-refractivity contribution in [3.63, 3.8) is 0 Å². The smallest absolute Gasteiger partial charge is 0.253 e. The Hall–Kier alpha value is -4.60. The number of hydrogen-bond donors (Lipinski definition) is 2. The minimum Gasteiger partial charge on any atom is -0.383 e. The van der Waals surface area contributed by atoms with Crippen molar-refractivity contribution in [3.05, 3.63) is 85.1 Å². The number of rotatable bonds is 7. The summed E-state index contributed by atoms with van der Waals surface area (Å²) in [5.41, 5.74) is 18.0. The fourth-order valence-corrected chi connectivity index (χ4v) is 5.21. The van der Waals surface area contributed by atoms with Crippen LogP contribution in [0.1, 0.15) is 19.3 Å². The first kappa shape index (κ1) is 25.7. The van der Waals surface area contributed by atoms with Gasteiger partial charge in [-0.15, -0.1) is 0 Å². The average Bonchev–Trinajstić information content (AvgIpc) is 3.32. The van der Waals surface area contributed by atoms with Crippen LogP contribution in [0.2, 0.25) is 0 Å². The van der Waals surface area contributed by atoms with Crippen molar-refractivity contribution in [2.45, 2.75) is 24.8 Å². The van der Waals surface area contributed by atoms with Gasteiger partial charge in [-0.25, -0.2) is 15.0 Å². The molecule has 0 spiro atoms. The number of hydrogen-bond acceptors (Lipinski definition) is 7. The number of anilines is 2. The lowest BCUT2D eigenvalue weighted by Crippen LogP contribution is -2.47. The molecule has 1 saturated heterocycles. The lowest BCUT2D eigenvalue weighted by molar-refractivity contribution is -0.125. The zero-order chi connectivity index (χ0) is 27.7. The van der Waals surface area contributed by atoms with Gasteiger partial charge in [0.15, 0.2) is 5.65 Å². The number of aromatic nitrogens is 4. The molecule has 0 bridgehead atoms. The SMILES string of the molecule is C=CC(=CC=Cn1c(-c2cccnc2N)nc2ccc(-c3cccc(N4CCOCC4=O)c3)nc21)C1(N)CCC1. The predicted molar refractivity (Wildman–Crippen MR) is 158 cm³/mol. The maximum Gasteiger partial charge on any atom is 0.253 e. The van der Waals surface area contributed by atoms with E-state index < -0.39 is 0 Å². The normalized spacial score (nSPS) is 17.4. The van der Waals surface area contributed by atoms with Crippen LogP contribution in [-0.2, 0) is 9.53 Å². The third-order valence-electron chi connectivity index (χ3n) is 7.61. The van der Waals surface area contributed by atoms with Gasteiger partial charge in [-0.2, -0.15) is 0 Å². The first-order valence-corrected chi connectivity index (χ1v) is 13.4. The largest absolute Gasteiger partial charge is 0.383 e. The number of fused-ring (bicyclic) bond motifs is 1. The summed E-state index contributed by atoms with van der Waals surface area (Å²) in [7, 11) is 0. The van der Waals surface area contributed by atoms with E-state index in [2.05, 4.69) is 11.6 Å². The third kappa shape index (κ3) is 4.70. The summed E-state index contributed by atoms with van der Waals surface area (Å²) in [6, 6.07) is 15.4. The summed E-state index contributed by atoms with van der Waals surface area (Å²) < 4.78 is 7.21. The maximum atomic E-state index is 12.4. The van der Waals surface area contributed by atoms with Gasteiger partial charge in [-0.05, 0) is 67.3 Å². The van der Waals surface area contributed by atoms with Crippen LogP contribution in [0.25, 0.3) is 40.0 Å². The quantitative estimate of drug-likeness (QED) is 0.333. The number of morpholine rings is 1. The molecule has 4 N–H and O–H groups in total. The summed E-state index contributed by atoms with van der Waals surface area (Å²) in [6.45, 7) is 5.10. The molecule has 1 aliphatic heterocycles. The van der Waals surface area contributed by atoms with Crippen molar-refractivity contribution < 1.29 is 9.53 Å². The molecule has 202 valence electrons. The van der Waals surface area contributed by atoms with Gasteiger partial charge < -0.3 is 21.1 Å². The highest BCUT2D eigenvalue weighted by Crippen LogP contribution is 2.36. The number of pyridine rings is 2. The number of carbonyl (C=O) groups is 1. The van der Waals surface area contributed by atoms with Crippen molar-refractivity contribution >= 4 is 34.8 Å². The molecule has 40 heavy (non-hydrogen) atoms. The number of nitrogens with two attached hydrogens (primary N) is 2. The van der Waals surface area contributed by atoms with Gasteiger partial charge in [0, 0.05) is 35.7 Å². The number of imidazole rings is 1. The van der Waals surface area contributed by atoms with Crippen molar-refractivity contribution in [2.24, 2.45) is 5.73 Å². The third-order valence-corrected chi connectivity index (χ3v) is 7.61. The Bertz CT molecular complexity index is 1670. The zero-order valence-corrected chi connectivity index (χ0v) is 22.2. The predicted octanol–water partition coefficient (Wildman–Crippen LogP) is 4.57. The minimum atomic E-state index is -0.321. The minimum absolute atomic E-state index is 0.0539. The van der Waals surface area contributed by atoms with Crippen molar-refractivity contribution in [1.29, 1.82) is 0 Å². The monoisotopic (exact) mass is 533 g/mol. The van der Waals surface area contributed by atoms with Gasteiger partial charge in [0.25, 0.3) is 5.91 Å². The van der Waals surface area contributed by atoms with E-state index in [4.69, 9.17) is 26.2 Å². The Labute approximate surface area is 232 Å². The van der Waals surface area contributed by atoms with E-state index in [0.29, 0.717) is 41.5 Å². The average molecular weight is 534 g/mol. The Morgan fingerprint density at radius 2 is 2.00 bits per heavy atom. The molecule has 2 fully saturated rings. The molecule has 2 aliphatic rings. The van der Waals surface area contributed by atoms with Crippen LogP contribution in [0.4, 0.5) is 11.5 Å². The number of benzene rings is 1. The number of allylic oxidation sites excluding steroid dienone is 2. The molecule has 0 atom stereocenters. The molecular formula is C31H31N7O2. The number of nitrogens with zero attached hydrogens (tertiary/aromatic N) is 5. The maximum absolute atomic E-state index is 12.4. The van der Waals surface area contributed by atoms with Crippen LogP contribution < -0.4 is 16.4 Å². The van der Waals surface area contributed by atoms with Crippen molar-refractivity contribution in [1.82, 2.24) is 19.5 Å². The van der Waals surface area contributed by atoms with Gasteiger partial charge in [-0.3, -0.25) is 9.36 Å². The van der Waals surface area contributed by atoms with E-state index in [9.17, 15) is 4.79 Å². The van der Waals surface area contributed by atoms with Crippen molar-refractivity contribution in [2.75, 3.05) is 30.4 Å².